The predicted molar refractivity (Wildman–Crippen MR) is 75.8 cm³/mol. The largest absolute Gasteiger partial charge is 0.475 e. The first-order valence-electron chi connectivity index (χ1n) is 6.95. The molecule has 1 heterocycles. The molecule has 0 unspecified atom stereocenters. The number of likely N-dealkylation sites (N-methyl/N-ethyl adjacent to an activating group) is 1. The molecule has 0 N–H and O–H groups in total. The van der Waals surface area contributed by atoms with Gasteiger partial charge >= 0.3 is 0 Å². The zero-order valence-electron chi connectivity index (χ0n) is 12.1. The average Bonchev–Trinajstić information content (AvgIpc) is 2.30. The minimum atomic E-state index is -0.571. The number of amides is 1. The maximum absolute atomic E-state index is 12.4. The Hall–Kier alpha value is -1.51. The number of hydrogen-bond acceptors (Lipinski definition) is 2. The van der Waals surface area contributed by atoms with Gasteiger partial charge in [0.25, 0.3) is 5.91 Å². The van der Waals surface area contributed by atoms with E-state index in [1.807, 2.05) is 13.1 Å². The molecular weight excluding hydrogens is 238 g/mol. The normalized spacial score (nSPS) is 20.8. The highest BCUT2D eigenvalue weighted by Gasteiger charge is 2.51. The van der Waals surface area contributed by atoms with Crippen molar-refractivity contribution in [1.82, 2.24) is 0 Å². The number of hydrogen-bond donors (Lipinski definition) is 0. The number of fused-ring (bicyclic) bond motifs is 1. The smallest absolute Gasteiger partial charge is 0.271 e. The lowest BCUT2D eigenvalue weighted by molar-refractivity contribution is -0.142. The first-order chi connectivity index (χ1) is 8.83. The second-order valence-corrected chi connectivity index (χ2v) is 6.75. The lowest BCUT2D eigenvalue weighted by Crippen LogP contribution is -2.59. The Balaban J connectivity index is 2.06. The summed E-state index contributed by atoms with van der Waals surface area (Å²) in [6, 6.07) is 6.18. The summed E-state index contributed by atoms with van der Waals surface area (Å²) in [4.78, 5) is 14.1. The predicted octanol–water partition coefficient (Wildman–Crippen LogP) is 3.26. The van der Waals surface area contributed by atoms with Crippen LogP contribution in [0.1, 0.15) is 45.6 Å². The topological polar surface area (TPSA) is 29.5 Å². The summed E-state index contributed by atoms with van der Waals surface area (Å²) in [6.07, 6.45) is 2.76. The van der Waals surface area contributed by atoms with Gasteiger partial charge in [0.1, 0.15) is 5.75 Å². The van der Waals surface area contributed by atoms with Gasteiger partial charge in [-0.05, 0) is 42.4 Å². The first kappa shape index (κ1) is 12.5. The lowest BCUT2D eigenvalue weighted by Gasteiger charge is -2.46. The van der Waals surface area contributed by atoms with Crippen LogP contribution in [0.3, 0.4) is 0 Å². The molecule has 0 bridgehead atoms. The fourth-order valence-corrected chi connectivity index (χ4v) is 2.82. The third kappa shape index (κ3) is 1.75. The van der Waals surface area contributed by atoms with Crippen LogP contribution in [0.2, 0.25) is 0 Å². The van der Waals surface area contributed by atoms with Crippen molar-refractivity contribution in [2.24, 2.45) is 0 Å². The van der Waals surface area contributed by atoms with Crippen molar-refractivity contribution in [3.63, 3.8) is 0 Å². The molecule has 1 aromatic rings. The Kier molecular flexibility index (Phi) is 2.47. The molecule has 1 aliphatic heterocycles. The summed E-state index contributed by atoms with van der Waals surface area (Å²) in [6.45, 7) is 6.56. The van der Waals surface area contributed by atoms with Crippen molar-refractivity contribution in [2.75, 3.05) is 11.9 Å². The van der Waals surface area contributed by atoms with Crippen LogP contribution < -0.4 is 9.64 Å². The maximum atomic E-state index is 12.4. The summed E-state index contributed by atoms with van der Waals surface area (Å²) in [5, 5.41) is 0. The molecule has 0 atom stereocenters. The quantitative estimate of drug-likeness (QED) is 0.715. The highest BCUT2D eigenvalue weighted by Crippen LogP contribution is 2.46. The van der Waals surface area contributed by atoms with Crippen LogP contribution in [0.15, 0.2) is 18.2 Å². The molecule has 3 rings (SSSR count). The number of nitrogens with zero attached hydrogens (tertiary/aromatic N) is 1. The minimum Gasteiger partial charge on any atom is -0.475 e. The van der Waals surface area contributed by atoms with Crippen molar-refractivity contribution in [1.29, 1.82) is 0 Å². The average molecular weight is 259 g/mol. The van der Waals surface area contributed by atoms with Crippen molar-refractivity contribution in [2.45, 2.75) is 51.0 Å². The molecule has 3 nitrogen and oxygen atoms in total. The van der Waals surface area contributed by atoms with Crippen LogP contribution in [0.4, 0.5) is 5.69 Å². The van der Waals surface area contributed by atoms with Crippen LogP contribution in [0.25, 0.3) is 0 Å². The van der Waals surface area contributed by atoms with Gasteiger partial charge in [-0.1, -0.05) is 26.8 Å². The monoisotopic (exact) mass is 259 g/mol. The van der Waals surface area contributed by atoms with E-state index in [4.69, 9.17) is 4.74 Å². The highest BCUT2D eigenvalue weighted by atomic mass is 16.5. The number of anilines is 1. The fraction of sp³-hybridized carbons (Fsp3) is 0.562. The highest BCUT2D eigenvalue weighted by molar-refractivity contribution is 6.03. The minimum absolute atomic E-state index is 0.0885. The zero-order valence-corrected chi connectivity index (χ0v) is 12.1. The van der Waals surface area contributed by atoms with E-state index in [-0.39, 0.29) is 11.3 Å². The molecule has 1 spiro atoms. The van der Waals surface area contributed by atoms with Crippen LogP contribution in [-0.4, -0.2) is 18.6 Å². The van der Waals surface area contributed by atoms with Crippen LogP contribution in [0.5, 0.6) is 5.75 Å². The van der Waals surface area contributed by atoms with Crippen LogP contribution >= 0.6 is 0 Å². The number of carbonyl (C=O) groups is 1. The molecule has 3 heteroatoms. The van der Waals surface area contributed by atoms with Gasteiger partial charge in [-0.25, -0.2) is 0 Å². The van der Waals surface area contributed by atoms with Gasteiger partial charge in [-0.15, -0.1) is 0 Å². The number of benzene rings is 1. The maximum Gasteiger partial charge on any atom is 0.271 e. The second kappa shape index (κ2) is 3.75. The molecule has 102 valence electrons. The third-order valence-corrected chi connectivity index (χ3v) is 4.35. The van der Waals surface area contributed by atoms with Gasteiger partial charge in [0.15, 0.2) is 5.60 Å². The van der Waals surface area contributed by atoms with E-state index in [1.54, 1.807) is 4.90 Å². The number of ether oxygens (including phenoxy) is 1. The summed E-state index contributed by atoms with van der Waals surface area (Å²) < 4.78 is 6.08. The van der Waals surface area contributed by atoms with Crippen LogP contribution in [0, 0.1) is 0 Å². The Bertz CT molecular complexity index is 538. The molecule has 1 fully saturated rings. The van der Waals surface area contributed by atoms with E-state index in [0.717, 1.165) is 30.7 Å². The Labute approximate surface area is 114 Å². The molecule has 1 saturated carbocycles. The van der Waals surface area contributed by atoms with E-state index < -0.39 is 5.60 Å². The van der Waals surface area contributed by atoms with E-state index in [2.05, 4.69) is 32.9 Å². The number of carbonyl (C=O) groups excluding carboxylic acids is 1. The first-order valence-corrected chi connectivity index (χ1v) is 6.95. The van der Waals surface area contributed by atoms with Gasteiger partial charge in [0.2, 0.25) is 0 Å². The molecule has 1 amide bonds. The molecule has 0 radical (unpaired) electrons. The number of rotatable bonds is 0. The Morgan fingerprint density at radius 3 is 2.47 bits per heavy atom. The van der Waals surface area contributed by atoms with Crippen molar-refractivity contribution in [3.05, 3.63) is 23.8 Å². The van der Waals surface area contributed by atoms with E-state index >= 15 is 0 Å². The summed E-state index contributed by atoms with van der Waals surface area (Å²) >= 11 is 0. The van der Waals surface area contributed by atoms with Crippen molar-refractivity contribution >= 4 is 11.6 Å². The standard InChI is InChI=1S/C16H21NO2/c1-15(2,3)11-6-7-12-13(10-11)19-16(8-5-9-16)14(18)17(12)4/h6-7,10H,5,8-9H2,1-4H3. The zero-order chi connectivity index (χ0) is 13.8. The second-order valence-electron chi connectivity index (χ2n) is 6.75. The Morgan fingerprint density at radius 1 is 1.26 bits per heavy atom. The third-order valence-electron chi connectivity index (χ3n) is 4.35. The van der Waals surface area contributed by atoms with Gasteiger partial charge in [-0.2, -0.15) is 0 Å². The van der Waals surface area contributed by atoms with E-state index in [9.17, 15) is 4.79 Å². The van der Waals surface area contributed by atoms with Gasteiger partial charge in [-0.3, -0.25) is 4.79 Å². The molecule has 0 aromatic heterocycles. The summed E-state index contributed by atoms with van der Waals surface area (Å²) in [5.74, 6) is 0.962. The van der Waals surface area contributed by atoms with Gasteiger partial charge in [0.05, 0.1) is 5.69 Å². The summed E-state index contributed by atoms with van der Waals surface area (Å²) in [7, 11) is 1.85. The molecule has 19 heavy (non-hydrogen) atoms. The van der Waals surface area contributed by atoms with Crippen molar-refractivity contribution in [3.8, 4) is 5.75 Å². The van der Waals surface area contributed by atoms with Gasteiger partial charge < -0.3 is 9.64 Å². The molecule has 1 aliphatic carbocycles. The Morgan fingerprint density at radius 2 is 1.95 bits per heavy atom. The molecule has 1 aromatic carbocycles. The molecular formula is C16H21NO2. The van der Waals surface area contributed by atoms with Crippen LogP contribution in [-0.2, 0) is 10.2 Å². The molecule has 0 saturated heterocycles. The van der Waals surface area contributed by atoms with E-state index in [1.165, 1.54) is 5.56 Å². The fourth-order valence-electron chi connectivity index (χ4n) is 2.82. The SMILES string of the molecule is CN1C(=O)C2(CCC2)Oc2cc(C(C)(C)C)ccc21. The molecule has 2 aliphatic rings. The van der Waals surface area contributed by atoms with Gasteiger partial charge in [0, 0.05) is 7.05 Å². The lowest BCUT2D eigenvalue weighted by atomic mass is 9.77. The summed E-state index contributed by atoms with van der Waals surface area (Å²) in [5.41, 5.74) is 1.64. The van der Waals surface area contributed by atoms with Crippen molar-refractivity contribution < 1.29 is 9.53 Å². The van der Waals surface area contributed by atoms with E-state index in [0.29, 0.717) is 0 Å².